The molecule has 5 heterocycles. The van der Waals surface area contributed by atoms with Gasteiger partial charge in [-0.05, 0) is 60.7 Å². The van der Waals surface area contributed by atoms with Crippen molar-refractivity contribution in [2.45, 2.75) is 9.79 Å². The summed E-state index contributed by atoms with van der Waals surface area (Å²) >= 11 is 0. The summed E-state index contributed by atoms with van der Waals surface area (Å²) in [7, 11) is -10.1. The van der Waals surface area contributed by atoms with Gasteiger partial charge in [0.2, 0.25) is 0 Å². The van der Waals surface area contributed by atoms with E-state index in [0.717, 1.165) is 0 Å². The van der Waals surface area contributed by atoms with E-state index in [1.807, 2.05) is 0 Å². The molecule has 8 bridgehead atoms. The number of H-pyrrole nitrogens is 2. The Bertz CT molecular complexity index is 1610. The van der Waals surface area contributed by atoms with Gasteiger partial charge in [0.15, 0.2) is 0 Å². The molecule has 0 unspecified atom stereocenters. The predicted molar refractivity (Wildman–Crippen MR) is 115 cm³/mol. The van der Waals surface area contributed by atoms with Crippen LogP contribution in [-0.2, 0) is 37.0 Å². The standard InChI is InChI=1S/C20H14N4O6S2.Co/c25-31(26,27)19-15-5-3-13(22-15)9-11-1-2-12(21-11)10-14-4-6-16(23-14)20(32(28,29)30)18-8-7-17(19)24-18;/h1-10,22-23H,(H,25,26,27)(H,28,29,30);/q;+2/p-2. The minimum absolute atomic E-state index is 0. The molecule has 2 aliphatic rings. The number of hydrogen-bond donors (Lipinski definition) is 2. The number of rotatable bonds is 2. The van der Waals surface area contributed by atoms with E-state index in [4.69, 9.17) is 0 Å². The molecular formula is C20H12CoN4O6S2. The zero-order valence-electron chi connectivity index (χ0n) is 16.3. The van der Waals surface area contributed by atoms with Gasteiger partial charge in [-0.25, -0.2) is 26.8 Å². The number of nitrogens with zero attached hydrogens (tertiary/aromatic N) is 2. The minimum atomic E-state index is -5.03. The average molecular weight is 527 g/mol. The van der Waals surface area contributed by atoms with Gasteiger partial charge in [-0.1, -0.05) is 0 Å². The molecule has 2 aliphatic heterocycles. The molecule has 0 saturated carbocycles. The van der Waals surface area contributed by atoms with E-state index in [0.29, 0.717) is 22.4 Å². The number of aromatic nitrogens is 4. The molecule has 0 spiro atoms. The fourth-order valence-electron chi connectivity index (χ4n) is 3.55. The van der Waals surface area contributed by atoms with Gasteiger partial charge in [-0.3, -0.25) is 0 Å². The maximum atomic E-state index is 12.0. The third-order valence-electron chi connectivity index (χ3n) is 4.80. The third kappa shape index (κ3) is 4.41. The van der Waals surface area contributed by atoms with Crippen molar-refractivity contribution >= 4 is 66.6 Å². The number of aromatic amines is 2. The van der Waals surface area contributed by atoms with E-state index in [-0.39, 0.29) is 39.2 Å². The Balaban J connectivity index is 0.00000259. The Morgan fingerprint density at radius 1 is 0.636 bits per heavy atom. The molecule has 0 aromatic carbocycles. The molecule has 3 aromatic rings. The van der Waals surface area contributed by atoms with Crippen molar-refractivity contribution in [3.05, 3.63) is 59.2 Å². The summed E-state index contributed by atoms with van der Waals surface area (Å²) < 4.78 is 72.3. The van der Waals surface area contributed by atoms with Crippen LogP contribution in [0.4, 0.5) is 0 Å². The average Bonchev–Trinajstić information content (AvgIpc) is 3.44. The van der Waals surface area contributed by atoms with Crippen molar-refractivity contribution in [3.8, 4) is 0 Å². The molecule has 0 aliphatic carbocycles. The first-order valence-electron chi connectivity index (χ1n) is 9.10. The SMILES string of the molecule is O=S(=O)([O-])c1c2nc(c(S(=O)(=O)[O-])c3ccc(cc4nc(cc5ccc1[nH]5)C=C4)[nH]3)C=C2.[Co+2]. The second-order valence-corrected chi connectivity index (χ2v) is 9.65. The van der Waals surface area contributed by atoms with Crippen molar-refractivity contribution in [2.75, 3.05) is 0 Å². The first-order valence-corrected chi connectivity index (χ1v) is 11.9. The number of nitrogens with one attached hydrogen (secondary N) is 2. The van der Waals surface area contributed by atoms with Gasteiger partial charge in [-0.15, -0.1) is 0 Å². The molecule has 1 radical (unpaired) electrons. The van der Waals surface area contributed by atoms with Crippen LogP contribution in [0.2, 0.25) is 0 Å². The molecule has 3 aromatic heterocycles. The summed E-state index contributed by atoms with van der Waals surface area (Å²) in [6.07, 6.45) is 5.81. The summed E-state index contributed by atoms with van der Waals surface area (Å²) in [5, 5.41) is 0. The van der Waals surface area contributed by atoms with E-state index in [2.05, 4.69) is 19.9 Å². The molecular weight excluding hydrogens is 515 g/mol. The van der Waals surface area contributed by atoms with Crippen LogP contribution in [0.5, 0.6) is 0 Å². The molecule has 0 amide bonds. The summed E-state index contributed by atoms with van der Waals surface area (Å²) in [5.74, 6) is 0. The van der Waals surface area contributed by atoms with Gasteiger partial charge >= 0.3 is 16.8 Å². The minimum Gasteiger partial charge on any atom is -0.744 e. The molecule has 33 heavy (non-hydrogen) atoms. The van der Waals surface area contributed by atoms with Gasteiger partial charge in [-0.2, -0.15) is 0 Å². The molecule has 10 nitrogen and oxygen atoms in total. The Labute approximate surface area is 197 Å². The summed E-state index contributed by atoms with van der Waals surface area (Å²) in [6, 6.07) is 9.26. The normalized spacial score (nSPS) is 13.2. The van der Waals surface area contributed by atoms with Crippen molar-refractivity contribution in [1.82, 2.24) is 19.9 Å². The monoisotopic (exact) mass is 527 g/mol. The van der Waals surface area contributed by atoms with Crippen LogP contribution >= 0.6 is 0 Å². The zero-order valence-corrected chi connectivity index (χ0v) is 18.9. The fraction of sp³-hybridized carbons (Fsp3) is 0. The third-order valence-corrected chi connectivity index (χ3v) is 6.66. The van der Waals surface area contributed by atoms with Gasteiger partial charge in [0, 0.05) is 11.0 Å². The Morgan fingerprint density at radius 3 is 1.45 bits per heavy atom. The van der Waals surface area contributed by atoms with Crippen LogP contribution in [0, 0.1) is 0 Å². The van der Waals surface area contributed by atoms with Gasteiger partial charge in [0.25, 0.3) is 0 Å². The number of hydrogen-bond acceptors (Lipinski definition) is 8. The smallest absolute Gasteiger partial charge is 0.744 e. The summed E-state index contributed by atoms with van der Waals surface area (Å²) in [4.78, 5) is 12.8. The molecule has 2 N–H and O–H groups in total. The predicted octanol–water partition coefficient (Wildman–Crippen LogP) is 2.46. The van der Waals surface area contributed by atoms with Crippen molar-refractivity contribution in [2.24, 2.45) is 0 Å². The quantitative estimate of drug-likeness (QED) is 0.330. The second kappa shape index (κ2) is 8.05. The van der Waals surface area contributed by atoms with E-state index in [9.17, 15) is 25.9 Å². The van der Waals surface area contributed by atoms with Crippen LogP contribution < -0.4 is 0 Å². The van der Waals surface area contributed by atoms with Crippen molar-refractivity contribution in [1.29, 1.82) is 0 Å². The van der Waals surface area contributed by atoms with Crippen molar-refractivity contribution < 1.29 is 42.7 Å². The van der Waals surface area contributed by atoms with Crippen LogP contribution in [-0.4, -0.2) is 45.9 Å². The maximum Gasteiger partial charge on any atom is 2.00 e. The van der Waals surface area contributed by atoms with Gasteiger partial charge in [0.05, 0.1) is 33.8 Å². The van der Waals surface area contributed by atoms with E-state index in [1.54, 1.807) is 36.4 Å². The van der Waals surface area contributed by atoms with Crippen LogP contribution in [0.3, 0.4) is 0 Å². The van der Waals surface area contributed by atoms with Gasteiger partial charge < -0.3 is 19.1 Å². The largest absolute Gasteiger partial charge is 2.00 e. The van der Waals surface area contributed by atoms with Gasteiger partial charge in [0.1, 0.15) is 30.0 Å². The zero-order chi connectivity index (χ0) is 22.7. The summed E-state index contributed by atoms with van der Waals surface area (Å²) in [5.41, 5.74) is 1.47. The van der Waals surface area contributed by atoms with Crippen LogP contribution in [0.25, 0.3) is 46.4 Å². The Morgan fingerprint density at radius 2 is 1.06 bits per heavy atom. The fourth-order valence-corrected chi connectivity index (χ4v) is 5.06. The molecule has 169 valence electrons. The Hall–Kier alpha value is -3.07. The van der Waals surface area contributed by atoms with Crippen molar-refractivity contribution in [3.63, 3.8) is 0 Å². The Kier molecular flexibility index (Phi) is 5.64. The summed E-state index contributed by atoms with van der Waals surface area (Å²) in [6.45, 7) is 0. The second-order valence-electron chi connectivity index (χ2n) is 7.02. The van der Waals surface area contributed by atoms with Crippen LogP contribution in [0.1, 0.15) is 22.8 Å². The molecule has 0 saturated heterocycles. The molecule has 0 fully saturated rings. The first-order chi connectivity index (χ1) is 15.1. The molecule has 0 atom stereocenters. The van der Waals surface area contributed by atoms with E-state index in [1.165, 1.54) is 24.3 Å². The first kappa shape index (κ1) is 23.1. The van der Waals surface area contributed by atoms with E-state index >= 15 is 0 Å². The number of fused-ring (bicyclic) bond motifs is 8. The topological polar surface area (TPSA) is 172 Å². The molecule has 13 heteroatoms. The van der Waals surface area contributed by atoms with Crippen LogP contribution in [0.15, 0.2) is 46.2 Å². The molecule has 5 rings (SSSR count). The maximum absolute atomic E-state index is 12.0. The van der Waals surface area contributed by atoms with E-state index < -0.39 is 30.0 Å².